The molecule has 0 saturated heterocycles. The summed E-state index contributed by atoms with van der Waals surface area (Å²) in [4.78, 5) is 6.58. The van der Waals surface area contributed by atoms with Crippen LogP contribution in [0.5, 0.6) is 0 Å². The number of aliphatic hydroxyl groups excluding tert-OH is 1. The average Bonchev–Trinajstić information content (AvgIpc) is 2.40. The summed E-state index contributed by atoms with van der Waals surface area (Å²) in [6.45, 7) is 4.29. The van der Waals surface area contributed by atoms with E-state index in [0.717, 1.165) is 37.5 Å². The molecule has 4 nitrogen and oxygen atoms in total. The van der Waals surface area contributed by atoms with Crippen LogP contribution in [0.4, 0.5) is 5.82 Å². The number of aliphatic hydroxyl groups is 1. The number of methoxy groups -OCH3 is 1. The van der Waals surface area contributed by atoms with Gasteiger partial charge in [0.05, 0.1) is 12.7 Å². The Bertz CT molecular complexity index is 430. The van der Waals surface area contributed by atoms with E-state index >= 15 is 0 Å². The normalized spacial score (nSPS) is 17.5. The van der Waals surface area contributed by atoms with Gasteiger partial charge in [-0.25, -0.2) is 4.98 Å². The summed E-state index contributed by atoms with van der Waals surface area (Å²) in [5.41, 5.74) is 2.26. The highest BCUT2D eigenvalue weighted by Crippen LogP contribution is 2.21. The van der Waals surface area contributed by atoms with E-state index in [9.17, 15) is 5.11 Å². The summed E-state index contributed by atoms with van der Waals surface area (Å²) < 4.78 is 5.14. The molecule has 0 fully saturated rings. The van der Waals surface area contributed by atoms with Crippen LogP contribution < -0.4 is 4.90 Å². The van der Waals surface area contributed by atoms with Gasteiger partial charge in [-0.1, -0.05) is 6.08 Å². The van der Waals surface area contributed by atoms with Crippen LogP contribution >= 0.6 is 0 Å². The van der Waals surface area contributed by atoms with Gasteiger partial charge in [0.15, 0.2) is 0 Å². The fourth-order valence-electron chi connectivity index (χ4n) is 2.10. The average molecular weight is 248 g/mol. The van der Waals surface area contributed by atoms with Crippen molar-refractivity contribution < 1.29 is 9.84 Å². The summed E-state index contributed by atoms with van der Waals surface area (Å²) in [5, 5.41) is 9.58. The van der Waals surface area contributed by atoms with Gasteiger partial charge in [-0.3, -0.25) is 0 Å². The topological polar surface area (TPSA) is 45.6 Å². The molecule has 1 aliphatic rings. The number of aromatic nitrogens is 1. The fraction of sp³-hybridized carbons (Fsp3) is 0.500. The zero-order chi connectivity index (χ0) is 13.0. The van der Waals surface area contributed by atoms with Gasteiger partial charge in [-0.15, -0.1) is 0 Å². The second-order valence-electron chi connectivity index (χ2n) is 4.61. The van der Waals surface area contributed by atoms with Gasteiger partial charge in [-0.2, -0.15) is 0 Å². The van der Waals surface area contributed by atoms with Crippen molar-refractivity contribution in [2.75, 3.05) is 31.7 Å². The third kappa shape index (κ3) is 3.09. The van der Waals surface area contributed by atoms with Crippen molar-refractivity contribution in [3.63, 3.8) is 0 Å². The number of ether oxygens (including phenoxy) is 1. The number of rotatable bonds is 4. The Balaban J connectivity index is 2.07. The van der Waals surface area contributed by atoms with Crippen LogP contribution in [0.15, 0.2) is 30.0 Å². The Morgan fingerprint density at radius 1 is 1.56 bits per heavy atom. The second-order valence-corrected chi connectivity index (χ2v) is 4.61. The highest BCUT2D eigenvalue weighted by Gasteiger charge is 2.14. The predicted octanol–water partition coefficient (Wildman–Crippen LogP) is 1.92. The SMILES string of the molecule is COCC1=CCN(c2cc(C(C)O)ccn2)CC1. The number of hydrogen-bond donors (Lipinski definition) is 1. The maximum absolute atomic E-state index is 9.58. The van der Waals surface area contributed by atoms with E-state index in [2.05, 4.69) is 16.0 Å². The molecule has 0 bridgehead atoms. The summed E-state index contributed by atoms with van der Waals surface area (Å²) in [6, 6.07) is 3.81. The minimum atomic E-state index is -0.448. The largest absolute Gasteiger partial charge is 0.389 e. The third-order valence-corrected chi connectivity index (χ3v) is 3.21. The monoisotopic (exact) mass is 248 g/mol. The van der Waals surface area contributed by atoms with Gasteiger partial charge < -0.3 is 14.7 Å². The van der Waals surface area contributed by atoms with Crippen molar-refractivity contribution in [3.8, 4) is 0 Å². The van der Waals surface area contributed by atoms with Crippen molar-refractivity contribution in [3.05, 3.63) is 35.5 Å². The summed E-state index contributed by atoms with van der Waals surface area (Å²) in [5.74, 6) is 0.932. The van der Waals surface area contributed by atoms with Crippen molar-refractivity contribution >= 4 is 5.82 Å². The first-order chi connectivity index (χ1) is 8.70. The molecular weight excluding hydrogens is 228 g/mol. The molecule has 0 aromatic carbocycles. The van der Waals surface area contributed by atoms with E-state index in [1.807, 2.05) is 12.1 Å². The Labute approximate surface area is 108 Å². The van der Waals surface area contributed by atoms with Crippen molar-refractivity contribution in [1.82, 2.24) is 4.98 Å². The minimum Gasteiger partial charge on any atom is -0.389 e. The van der Waals surface area contributed by atoms with Gasteiger partial charge >= 0.3 is 0 Å². The summed E-state index contributed by atoms with van der Waals surface area (Å²) in [7, 11) is 1.72. The molecule has 1 aromatic heterocycles. The summed E-state index contributed by atoms with van der Waals surface area (Å²) in [6.07, 6.45) is 4.51. The Hall–Kier alpha value is -1.39. The molecular formula is C14H20N2O2. The van der Waals surface area contributed by atoms with Crippen LogP contribution in [0, 0.1) is 0 Å². The van der Waals surface area contributed by atoms with E-state index in [-0.39, 0.29) is 0 Å². The lowest BCUT2D eigenvalue weighted by Crippen LogP contribution is -2.30. The van der Waals surface area contributed by atoms with Gasteiger partial charge in [0.2, 0.25) is 0 Å². The molecule has 0 amide bonds. The zero-order valence-corrected chi connectivity index (χ0v) is 11.0. The molecule has 1 atom stereocenters. The van der Waals surface area contributed by atoms with Crippen LogP contribution in [0.2, 0.25) is 0 Å². The third-order valence-electron chi connectivity index (χ3n) is 3.21. The molecule has 98 valence electrons. The molecule has 2 rings (SSSR count). The Morgan fingerprint density at radius 3 is 3.00 bits per heavy atom. The Kier molecular flexibility index (Phi) is 4.33. The van der Waals surface area contributed by atoms with Gasteiger partial charge in [-0.05, 0) is 36.6 Å². The van der Waals surface area contributed by atoms with E-state index in [0.29, 0.717) is 0 Å². The lowest BCUT2D eigenvalue weighted by molar-refractivity contribution is 0.199. The lowest BCUT2D eigenvalue weighted by Gasteiger charge is -2.27. The molecule has 2 heterocycles. The number of nitrogens with zero attached hydrogens (tertiary/aromatic N) is 2. The molecule has 0 saturated carbocycles. The standard InChI is InChI=1S/C14H20N2O2/c1-11(17)13-3-6-15-14(9-13)16-7-4-12(5-8-16)10-18-2/h3-4,6,9,11,17H,5,7-8,10H2,1-2H3. The minimum absolute atomic E-state index is 0.448. The van der Waals surface area contributed by atoms with E-state index in [1.54, 1.807) is 20.2 Å². The van der Waals surface area contributed by atoms with Crippen LogP contribution in [-0.2, 0) is 4.74 Å². The second kappa shape index (κ2) is 5.98. The molecule has 0 aliphatic carbocycles. The molecule has 1 aromatic rings. The molecule has 4 heteroatoms. The number of pyridine rings is 1. The van der Waals surface area contributed by atoms with Crippen molar-refractivity contribution in [2.45, 2.75) is 19.4 Å². The van der Waals surface area contributed by atoms with E-state index in [4.69, 9.17) is 4.74 Å². The van der Waals surface area contributed by atoms with Crippen LogP contribution in [0.1, 0.15) is 25.0 Å². The fourth-order valence-corrected chi connectivity index (χ4v) is 2.10. The van der Waals surface area contributed by atoms with Gasteiger partial charge in [0.1, 0.15) is 5.82 Å². The molecule has 0 radical (unpaired) electrons. The van der Waals surface area contributed by atoms with Crippen LogP contribution in [0.3, 0.4) is 0 Å². The Morgan fingerprint density at radius 2 is 2.39 bits per heavy atom. The van der Waals surface area contributed by atoms with Crippen LogP contribution in [-0.4, -0.2) is 36.9 Å². The highest BCUT2D eigenvalue weighted by molar-refractivity contribution is 5.43. The molecule has 1 N–H and O–H groups in total. The molecule has 0 spiro atoms. The maximum atomic E-state index is 9.58. The van der Waals surface area contributed by atoms with Crippen LogP contribution in [0.25, 0.3) is 0 Å². The molecule has 1 aliphatic heterocycles. The number of anilines is 1. The van der Waals surface area contributed by atoms with Crippen molar-refractivity contribution in [1.29, 1.82) is 0 Å². The first-order valence-corrected chi connectivity index (χ1v) is 6.26. The lowest BCUT2D eigenvalue weighted by atomic mass is 10.1. The van der Waals surface area contributed by atoms with Crippen molar-refractivity contribution in [2.24, 2.45) is 0 Å². The summed E-state index contributed by atoms with van der Waals surface area (Å²) >= 11 is 0. The van der Waals surface area contributed by atoms with Gasteiger partial charge in [0, 0.05) is 26.4 Å². The molecule has 1 unspecified atom stereocenters. The smallest absolute Gasteiger partial charge is 0.129 e. The maximum Gasteiger partial charge on any atom is 0.129 e. The van der Waals surface area contributed by atoms with E-state index in [1.165, 1.54) is 5.57 Å². The first-order valence-electron chi connectivity index (χ1n) is 6.26. The number of hydrogen-bond acceptors (Lipinski definition) is 4. The predicted molar refractivity (Wildman–Crippen MR) is 71.7 cm³/mol. The zero-order valence-electron chi connectivity index (χ0n) is 11.0. The quantitative estimate of drug-likeness (QED) is 0.827. The molecule has 18 heavy (non-hydrogen) atoms. The highest BCUT2D eigenvalue weighted by atomic mass is 16.5. The first kappa shape index (κ1) is 13.1. The van der Waals surface area contributed by atoms with Gasteiger partial charge in [0.25, 0.3) is 0 Å². The van der Waals surface area contributed by atoms with E-state index < -0.39 is 6.10 Å².